The molecule has 2 amide bonds. The predicted molar refractivity (Wildman–Crippen MR) is 85.6 cm³/mol. The lowest BCUT2D eigenvalue weighted by Crippen LogP contribution is -2.43. The second-order valence-electron chi connectivity index (χ2n) is 6.65. The summed E-state index contributed by atoms with van der Waals surface area (Å²) in [6.45, 7) is 3.31. The van der Waals surface area contributed by atoms with E-state index < -0.39 is 0 Å². The predicted octanol–water partition coefficient (Wildman–Crippen LogP) is 2.19. The Morgan fingerprint density at radius 3 is 2.59 bits per heavy atom. The molecule has 1 aromatic carbocycles. The molecule has 1 aromatic rings. The Morgan fingerprint density at radius 2 is 1.95 bits per heavy atom. The van der Waals surface area contributed by atoms with Gasteiger partial charge in [-0.05, 0) is 41.7 Å². The molecular formula is C18H24N2O2. The average Bonchev–Trinajstić information content (AvgIpc) is 2.82. The summed E-state index contributed by atoms with van der Waals surface area (Å²) in [5.74, 6) is 0.584. The number of carbonyl (C=O) groups excluding carboxylic acids is 2. The fraction of sp³-hybridized carbons (Fsp3) is 0.556. The van der Waals surface area contributed by atoms with E-state index >= 15 is 0 Å². The smallest absolute Gasteiger partial charge is 0.220 e. The number of fused-ring (bicyclic) bond motifs is 2. The Bertz CT molecular complexity index is 589. The van der Waals surface area contributed by atoms with E-state index in [-0.39, 0.29) is 17.2 Å². The van der Waals surface area contributed by atoms with E-state index in [2.05, 4.69) is 29.6 Å². The highest BCUT2D eigenvalue weighted by atomic mass is 16.2. The first-order chi connectivity index (χ1) is 10.6. The van der Waals surface area contributed by atoms with E-state index in [0.29, 0.717) is 12.3 Å². The van der Waals surface area contributed by atoms with Crippen molar-refractivity contribution in [3.8, 4) is 0 Å². The van der Waals surface area contributed by atoms with Gasteiger partial charge in [-0.15, -0.1) is 0 Å². The molecule has 1 heterocycles. The van der Waals surface area contributed by atoms with Crippen LogP contribution >= 0.6 is 0 Å². The number of nitrogens with one attached hydrogen (secondary N) is 1. The molecule has 1 aliphatic heterocycles. The summed E-state index contributed by atoms with van der Waals surface area (Å²) < 4.78 is 0. The molecule has 2 aliphatic rings. The Hall–Kier alpha value is -1.84. The third-order valence-corrected chi connectivity index (χ3v) is 5.49. The SMILES string of the molecule is CNC(=O)C[C@@H]1CC2(CCN(C(C)=O)CC2)c2ccccc21. The number of hydrogen-bond donors (Lipinski definition) is 1. The largest absolute Gasteiger partial charge is 0.359 e. The van der Waals surface area contributed by atoms with Crippen molar-refractivity contribution in [2.45, 2.75) is 43.9 Å². The highest BCUT2D eigenvalue weighted by Gasteiger charge is 2.45. The van der Waals surface area contributed by atoms with Crippen LogP contribution in [0.2, 0.25) is 0 Å². The third-order valence-electron chi connectivity index (χ3n) is 5.49. The molecule has 4 nitrogen and oxygen atoms in total. The van der Waals surface area contributed by atoms with Crippen LogP contribution in [0.4, 0.5) is 0 Å². The van der Waals surface area contributed by atoms with E-state index in [1.807, 2.05) is 4.90 Å². The van der Waals surface area contributed by atoms with Crippen molar-refractivity contribution in [2.24, 2.45) is 0 Å². The molecule has 0 saturated carbocycles. The number of likely N-dealkylation sites (tertiary alicyclic amines) is 1. The van der Waals surface area contributed by atoms with Gasteiger partial charge in [-0.3, -0.25) is 9.59 Å². The molecule has 0 radical (unpaired) electrons. The first-order valence-electron chi connectivity index (χ1n) is 8.11. The summed E-state index contributed by atoms with van der Waals surface area (Å²) in [4.78, 5) is 25.3. The van der Waals surface area contributed by atoms with Crippen molar-refractivity contribution in [3.05, 3.63) is 35.4 Å². The number of hydrogen-bond acceptors (Lipinski definition) is 2. The van der Waals surface area contributed by atoms with Gasteiger partial charge in [0.2, 0.25) is 11.8 Å². The minimum absolute atomic E-state index is 0.109. The molecule has 1 aliphatic carbocycles. The molecule has 22 heavy (non-hydrogen) atoms. The van der Waals surface area contributed by atoms with Crippen molar-refractivity contribution in [2.75, 3.05) is 20.1 Å². The van der Waals surface area contributed by atoms with Gasteiger partial charge >= 0.3 is 0 Å². The minimum Gasteiger partial charge on any atom is -0.359 e. The zero-order valence-electron chi connectivity index (χ0n) is 13.4. The van der Waals surface area contributed by atoms with Gasteiger partial charge in [-0.1, -0.05) is 24.3 Å². The van der Waals surface area contributed by atoms with E-state index in [4.69, 9.17) is 0 Å². The van der Waals surface area contributed by atoms with Crippen LogP contribution in [0.1, 0.15) is 49.7 Å². The lowest BCUT2D eigenvalue weighted by Gasteiger charge is -2.40. The monoisotopic (exact) mass is 300 g/mol. The van der Waals surface area contributed by atoms with Gasteiger partial charge in [0.05, 0.1) is 0 Å². The summed E-state index contributed by atoms with van der Waals surface area (Å²) in [6.07, 6.45) is 3.61. The molecule has 0 unspecified atom stereocenters. The van der Waals surface area contributed by atoms with Crippen LogP contribution in [0.5, 0.6) is 0 Å². The fourth-order valence-corrected chi connectivity index (χ4v) is 4.26. The normalized spacial score (nSPS) is 22.5. The Kier molecular flexibility index (Phi) is 3.94. The Balaban J connectivity index is 1.85. The van der Waals surface area contributed by atoms with Gasteiger partial charge < -0.3 is 10.2 Å². The molecule has 4 heteroatoms. The summed E-state index contributed by atoms with van der Waals surface area (Å²) in [7, 11) is 1.70. The maximum atomic E-state index is 11.8. The maximum absolute atomic E-state index is 11.8. The summed E-state index contributed by atoms with van der Waals surface area (Å²) in [5, 5.41) is 2.74. The number of carbonyl (C=O) groups is 2. The standard InChI is InChI=1S/C18H24N2O2/c1-13(21)20-9-7-18(8-10-20)12-14(11-17(22)19-2)15-5-3-4-6-16(15)18/h3-6,14H,7-12H2,1-2H3,(H,19,22)/t14-/m1/s1. The zero-order valence-corrected chi connectivity index (χ0v) is 13.4. The Morgan fingerprint density at radius 1 is 1.27 bits per heavy atom. The Labute approximate surface area is 131 Å². The van der Waals surface area contributed by atoms with Gasteiger partial charge in [-0.25, -0.2) is 0 Å². The van der Waals surface area contributed by atoms with Gasteiger partial charge in [0.1, 0.15) is 0 Å². The maximum Gasteiger partial charge on any atom is 0.220 e. The molecule has 1 atom stereocenters. The number of rotatable bonds is 2. The van der Waals surface area contributed by atoms with Gasteiger partial charge in [0, 0.05) is 33.5 Å². The fourth-order valence-electron chi connectivity index (χ4n) is 4.26. The molecule has 0 aromatic heterocycles. The molecule has 1 N–H and O–H groups in total. The number of benzene rings is 1. The number of amides is 2. The van der Waals surface area contributed by atoms with Gasteiger partial charge in [-0.2, -0.15) is 0 Å². The van der Waals surface area contributed by atoms with E-state index in [1.165, 1.54) is 11.1 Å². The first-order valence-corrected chi connectivity index (χ1v) is 8.11. The van der Waals surface area contributed by atoms with Crippen molar-refractivity contribution in [1.82, 2.24) is 10.2 Å². The van der Waals surface area contributed by atoms with Crippen LogP contribution in [0.25, 0.3) is 0 Å². The molecule has 1 fully saturated rings. The van der Waals surface area contributed by atoms with Crippen molar-refractivity contribution < 1.29 is 9.59 Å². The van der Waals surface area contributed by atoms with Crippen molar-refractivity contribution in [3.63, 3.8) is 0 Å². The topological polar surface area (TPSA) is 49.4 Å². The van der Waals surface area contributed by atoms with Gasteiger partial charge in [0.15, 0.2) is 0 Å². The van der Waals surface area contributed by atoms with Crippen LogP contribution < -0.4 is 5.32 Å². The van der Waals surface area contributed by atoms with E-state index in [1.54, 1.807) is 14.0 Å². The summed E-state index contributed by atoms with van der Waals surface area (Å²) in [6, 6.07) is 8.57. The van der Waals surface area contributed by atoms with Gasteiger partial charge in [0.25, 0.3) is 0 Å². The van der Waals surface area contributed by atoms with E-state index in [0.717, 1.165) is 32.4 Å². The van der Waals surface area contributed by atoms with E-state index in [9.17, 15) is 9.59 Å². The second-order valence-corrected chi connectivity index (χ2v) is 6.65. The summed E-state index contributed by atoms with van der Waals surface area (Å²) >= 11 is 0. The molecule has 3 rings (SSSR count). The van der Waals surface area contributed by atoms with Crippen LogP contribution in [0.15, 0.2) is 24.3 Å². The highest BCUT2D eigenvalue weighted by Crippen LogP contribution is 2.52. The third kappa shape index (κ3) is 2.51. The van der Waals surface area contributed by atoms with Crippen LogP contribution in [-0.4, -0.2) is 36.9 Å². The van der Waals surface area contributed by atoms with Crippen LogP contribution in [0, 0.1) is 0 Å². The zero-order chi connectivity index (χ0) is 15.7. The molecule has 0 bridgehead atoms. The number of piperidine rings is 1. The van der Waals surface area contributed by atoms with Crippen molar-refractivity contribution >= 4 is 11.8 Å². The molecular weight excluding hydrogens is 276 g/mol. The summed E-state index contributed by atoms with van der Waals surface area (Å²) in [5.41, 5.74) is 2.90. The minimum atomic E-state index is 0.109. The average molecular weight is 300 g/mol. The lowest BCUT2D eigenvalue weighted by atomic mass is 9.73. The molecule has 1 saturated heterocycles. The highest BCUT2D eigenvalue weighted by molar-refractivity contribution is 5.77. The van der Waals surface area contributed by atoms with Crippen molar-refractivity contribution in [1.29, 1.82) is 0 Å². The first kappa shape index (κ1) is 15.1. The quantitative estimate of drug-likeness (QED) is 0.910. The van der Waals surface area contributed by atoms with Crippen LogP contribution in [-0.2, 0) is 15.0 Å². The molecule has 118 valence electrons. The molecule has 1 spiro atoms. The lowest BCUT2D eigenvalue weighted by molar-refractivity contribution is -0.130. The number of nitrogens with zero attached hydrogens (tertiary/aromatic N) is 1. The second kappa shape index (κ2) is 5.75. The van der Waals surface area contributed by atoms with Crippen LogP contribution in [0.3, 0.4) is 0 Å².